The van der Waals surface area contributed by atoms with Crippen LogP contribution in [-0.2, 0) is 9.59 Å². The van der Waals surface area contributed by atoms with Crippen LogP contribution in [-0.4, -0.2) is 39.3 Å². The number of carboxylic acid groups (broad SMARTS) is 2. The molecule has 0 aromatic heterocycles. The number of benzene rings is 1. The first-order chi connectivity index (χ1) is 11.2. The third-order valence-corrected chi connectivity index (χ3v) is 4.28. The summed E-state index contributed by atoms with van der Waals surface area (Å²) in [6, 6.07) is 5.82. The van der Waals surface area contributed by atoms with Gasteiger partial charge in [-0.15, -0.1) is 0 Å². The molecule has 0 fully saturated rings. The lowest BCUT2D eigenvalue weighted by Crippen LogP contribution is -2.62. The number of hydrogen-bond donors (Lipinski definition) is 4. The highest BCUT2D eigenvalue weighted by Crippen LogP contribution is 2.41. The maximum Gasteiger partial charge on any atom is 0.329 e. The minimum absolute atomic E-state index is 0.0313. The fourth-order valence-corrected chi connectivity index (χ4v) is 3.10. The molecule has 8 nitrogen and oxygen atoms in total. The van der Waals surface area contributed by atoms with E-state index < -0.39 is 40.5 Å². The van der Waals surface area contributed by atoms with Crippen molar-refractivity contribution in [2.45, 2.75) is 5.54 Å². The largest absolute Gasteiger partial charge is 0.481 e. The van der Waals surface area contributed by atoms with E-state index in [-0.39, 0.29) is 22.4 Å². The van der Waals surface area contributed by atoms with E-state index in [4.69, 9.17) is 11.5 Å². The van der Waals surface area contributed by atoms with Crippen LogP contribution in [0.2, 0.25) is 0 Å². The Morgan fingerprint density at radius 1 is 1.04 bits per heavy atom. The van der Waals surface area contributed by atoms with E-state index in [0.717, 1.165) is 6.08 Å². The fourth-order valence-electron chi connectivity index (χ4n) is 3.10. The van der Waals surface area contributed by atoms with Gasteiger partial charge in [0.05, 0.1) is 5.57 Å². The van der Waals surface area contributed by atoms with Crippen molar-refractivity contribution in [3.05, 3.63) is 58.3 Å². The van der Waals surface area contributed by atoms with Crippen molar-refractivity contribution in [1.29, 1.82) is 0 Å². The van der Waals surface area contributed by atoms with Gasteiger partial charge in [-0.2, -0.15) is 0 Å². The molecule has 3 rings (SSSR count). The molecule has 0 saturated carbocycles. The number of nitrogens with two attached hydrogens (primary N) is 2. The van der Waals surface area contributed by atoms with Gasteiger partial charge in [-0.1, -0.05) is 24.3 Å². The average molecular weight is 328 g/mol. The van der Waals surface area contributed by atoms with Crippen molar-refractivity contribution in [2.75, 3.05) is 0 Å². The second-order valence-electron chi connectivity index (χ2n) is 5.57. The molecule has 122 valence electrons. The number of carbonyl (C=O) groups is 4. The number of Topliss-reactive ketones (excluding diaryl/α,β-unsaturated/α-hetero) is 2. The third-order valence-electron chi connectivity index (χ3n) is 4.28. The van der Waals surface area contributed by atoms with Gasteiger partial charge in [0.2, 0.25) is 0 Å². The number of rotatable bonds is 2. The topological polar surface area (TPSA) is 161 Å². The molecule has 0 bridgehead atoms. The van der Waals surface area contributed by atoms with Crippen molar-refractivity contribution in [1.82, 2.24) is 0 Å². The molecule has 8 heteroatoms. The van der Waals surface area contributed by atoms with Crippen LogP contribution < -0.4 is 11.5 Å². The molecule has 0 heterocycles. The van der Waals surface area contributed by atoms with Crippen LogP contribution in [0.15, 0.2) is 47.2 Å². The number of hydrogen-bond acceptors (Lipinski definition) is 6. The number of carbonyl (C=O) groups excluding carboxylic acids is 2. The summed E-state index contributed by atoms with van der Waals surface area (Å²) in [6.45, 7) is 0. The molecule has 2 aliphatic carbocycles. The van der Waals surface area contributed by atoms with Crippen molar-refractivity contribution in [3.8, 4) is 0 Å². The quantitative estimate of drug-likeness (QED) is 0.575. The lowest BCUT2D eigenvalue weighted by atomic mass is 9.66. The monoisotopic (exact) mass is 328 g/mol. The van der Waals surface area contributed by atoms with Crippen molar-refractivity contribution in [2.24, 2.45) is 17.4 Å². The molecule has 0 spiro atoms. The molecule has 0 radical (unpaired) electrons. The van der Waals surface area contributed by atoms with Gasteiger partial charge in [0.1, 0.15) is 5.92 Å². The van der Waals surface area contributed by atoms with Crippen molar-refractivity contribution < 1.29 is 29.4 Å². The van der Waals surface area contributed by atoms with E-state index in [1.54, 1.807) is 6.07 Å². The molecule has 2 aliphatic rings. The first-order valence-corrected chi connectivity index (χ1v) is 6.87. The molecule has 0 amide bonds. The summed E-state index contributed by atoms with van der Waals surface area (Å²) in [7, 11) is 0. The number of aliphatic carboxylic acids is 2. The Kier molecular flexibility index (Phi) is 3.17. The standard InChI is InChI=1S/C16H12N2O6/c17-9-5-8(14(21)22)16(18,15(23)24)11-10(9)12(19)6-3-1-2-4-7(6)13(11)20/h1-5,8H,17-18H2,(H,21,22)(H,23,24). The lowest BCUT2D eigenvalue weighted by Gasteiger charge is -2.38. The van der Waals surface area contributed by atoms with Gasteiger partial charge in [0.15, 0.2) is 17.1 Å². The van der Waals surface area contributed by atoms with Crippen molar-refractivity contribution >= 4 is 23.5 Å². The number of allylic oxidation sites excluding steroid dienone is 1. The number of fused-ring (bicyclic) bond motifs is 1. The number of carboxylic acids is 2. The molecule has 1 aromatic rings. The Morgan fingerprint density at radius 2 is 1.58 bits per heavy atom. The van der Waals surface area contributed by atoms with E-state index in [1.807, 2.05) is 0 Å². The Labute approximate surface area is 135 Å². The Balaban J connectivity index is 2.38. The van der Waals surface area contributed by atoms with Gasteiger partial charge in [0.25, 0.3) is 0 Å². The summed E-state index contributed by atoms with van der Waals surface area (Å²) in [5, 5.41) is 18.9. The lowest BCUT2D eigenvalue weighted by molar-refractivity contribution is -0.151. The van der Waals surface area contributed by atoms with E-state index in [0.29, 0.717) is 0 Å². The van der Waals surface area contributed by atoms with Gasteiger partial charge < -0.3 is 21.7 Å². The van der Waals surface area contributed by atoms with Crippen LogP contribution in [0, 0.1) is 5.92 Å². The third kappa shape index (κ3) is 1.77. The molecule has 24 heavy (non-hydrogen) atoms. The molecular formula is C16H12N2O6. The summed E-state index contributed by atoms with van der Waals surface area (Å²) in [5.74, 6) is -6.54. The van der Waals surface area contributed by atoms with Crippen molar-refractivity contribution in [3.63, 3.8) is 0 Å². The minimum Gasteiger partial charge on any atom is -0.481 e. The minimum atomic E-state index is -2.59. The molecule has 6 N–H and O–H groups in total. The van der Waals surface area contributed by atoms with Crippen LogP contribution in [0.3, 0.4) is 0 Å². The van der Waals surface area contributed by atoms with Crippen LogP contribution >= 0.6 is 0 Å². The smallest absolute Gasteiger partial charge is 0.329 e. The van der Waals surface area contributed by atoms with Crippen LogP contribution in [0.5, 0.6) is 0 Å². The highest BCUT2D eigenvalue weighted by atomic mass is 16.4. The average Bonchev–Trinajstić information content (AvgIpc) is 2.53. The normalized spacial score (nSPS) is 25.7. The fraction of sp³-hybridized carbons (Fsp3) is 0.125. The predicted molar refractivity (Wildman–Crippen MR) is 80.1 cm³/mol. The first kappa shape index (κ1) is 15.6. The molecule has 2 atom stereocenters. The maximum absolute atomic E-state index is 12.8. The maximum atomic E-state index is 12.8. The predicted octanol–water partition coefficient (Wildman–Crippen LogP) is -0.299. The second-order valence-corrected chi connectivity index (χ2v) is 5.57. The van der Waals surface area contributed by atoms with Gasteiger partial charge in [-0.05, 0) is 6.08 Å². The zero-order valence-electron chi connectivity index (χ0n) is 12.1. The van der Waals surface area contributed by atoms with E-state index in [1.165, 1.54) is 18.2 Å². The van der Waals surface area contributed by atoms with E-state index in [2.05, 4.69) is 0 Å². The summed E-state index contributed by atoms with van der Waals surface area (Å²) < 4.78 is 0. The molecule has 2 unspecified atom stereocenters. The van der Waals surface area contributed by atoms with Crippen LogP contribution in [0.1, 0.15) is 20.7 Å². The summed E-state index contributed by atoms with van der Waals surface area (Å²) >= 11 is 0. The van der Waals surface area contributed by atoms with Gasteiger partial charge in [-0.25, -0.2) is 4.79 Å². The van der Waals surface area contributed by atoms with Crippen LogP contribution in [0.4, 0.5) is 0 Å². The second kappa shape index (κ2) is 4.87. The Hall–Kier alpha value is -3.26. The van der Waals surface area contributed by atoms with Gasteiger partial charge in [-0.3, -0.25) is 14.4 Å². The highest BCUT2D eigenvalue weighted by molar-refractivity contribution is 6.31. The summed E-state index contributed by atoms with van der Waals surface area (Å²) in [5.41, 5.74) is 7.86. The Morgan fingerprint density at radius 3 is 2.08 bits per heavy atom. The molecular weight excluding hydrogens is 316 g/mol. The van der Waals surface area contributed by atoms with E-state index >= 15 is 0 Å². The molecule has 0 aliphatic heterocycles. The highest BCUT2D eigenvalue weighted by Gasteiger charge is 2.57. The number of ketones is 2. The summed E-state index contributed by atoms with van der Waals surface area (Å²) in [6.07, 6.45) is 0.897. The SMILES string of the molecule is NC1=CC(C(=O)O)C(N)(C(=O)O)C2=C1C(=O)c1ccccc1C2=O. The van der Waals surface area contributed by atoms with Gasteiger partial charge >= 0.3 is 11.9 Å². The zero-order chi connectivity index (χ0) is 17.8. The summed E-state index contributed by atoms with van der Waals surface area (Å²) in [4.78, 5) is 48.7. The first-order valence-electron chi connectivity index (χ1n) is 6.87. The van der Waals surface area contributed by atoms with E-state index in [9.17, 15) is 29.4 Å². The van der Waals surface area contributed by atoms with Gasteiger partial charge in [0, 0.05) is 22.4 Å². The Bertz CT molecular complexity index is 898. The molecule has 1 aromatic carbocycles. The molecule has 0 saturated heterocycles. The zero-order valence-corrected chi connectivity index (χ0v) is 12.1. The van der Waals surface area contributed by atoms with Crippen LogP contribution in [0.25, 0.3) is 0 Å².